The first-order valence-electron chi connectivity index (χ1n) is 5.92. The lowest BCUT2D eigenvalue weighted by Gasteiger charge is -2.22. The Balaban J connectivity index is 0.00000162. The number of hydrogen-bond donors (Lipinski definition) is 1. The third kappa shape index (κ3) is 4.18. The second kappa shape index (κ2) is 6.43. The molecule has 18 heavy (non-hydrogen) atoms. The molecule has 1 nitrogen and oxygen atoms in total. The number of piperidine rings is 1. The van der Waals surface area contributed by atoms with Gasteiger partial charge in [0.2, 0.25) is 0 Å². The molecule has 1 N–H and O–H groups in total. The molecule has 102 valence electrons. The van der Waals surface area contributed by atoms with Crippen LogP contribution in [0.1, 0.15) is 24.0 Å². The van der Waals surface area contributed by atoms with Crippen LogP contribution in [0.4, 0.5) is 13.2 Å². The number of hydrogen-bond acceptors (Lipinski definition) is 1. The van der Waals surface area contributed by atoms with Gasteiger partial charge in [0.25, 0.3) is 0 Å². The molecule has 1 aliphatic rings. The summed E-state index contributed by atoms with van der Waals surface area (Å²) < 4.78 is 37.1. The van der Waals surface area contributed by atoms with Crippen LogP contribution in [0.25, 0.3) is 0 Å². The van der Waals surface area contributed by atoms with E-state index in [-0.39, 0.29) is 12.4 Å². The van der Waals surface area contributed by atoms with E-state index in [2.05, 4.69) is 5.32 Å². The molecule has 1 heterocycles. The van der Waals surface area contributed by atoms with Crippen LogP contribution < -0.4 is 5.32 Å². The Labute approximate surface area is 111 Å². The van der Waals surface area contributed by atoms with Crippen LogP contribution in [-0.2, 0) is 12.6 Å². The number of halogens is 4. The van der Waals surface area contributed by atoms with Crippen LogP contribution in [0.5, 0.6) is 0 Å². The minimum absolute atomic E-state index is 0. The molecular formula is C13H17ClF3N. The molecule has 1 saturated heterocycles. The monoisotopic (exact) mass is 279 g/mol. The molecule has 5 heteroatoms. The van der Waals surface area contributed by atoms with E-state index in [1.807, 2.05) is 0 Å². The third-order valence-corrected chi connectivity index (χ3v) is 3.20. The van der Waals surface area contributed by atoms with Gasteiger partial charge in [0, 0.05) is 0 Å². The van der Waals surface area contributed by atoms with Gasteiger partial charge in [-0.05, 0) is 56.0 Å². The van der Waals surface area contributed by atoms with Crippen molar-refractivity contribution in [3.63, 3.8) is 0 Å². The van der Waals surface area contributed by atoms with E-state index in [0.29, 0.717) is 5.92 Å². The van der Waals surface area contributed by atoms with Gasteiger partial charge in [-0.3, -0.25) is 0 Å². The van der Waals surface area contributed by atoms with Gasteiger partial charge in [-0.15, -0.1) is 12.4 Å². The SMILES string of the molecule is Cl.FC(F)(F)c1ccc(CC2CCCNC2)cc1. The van der Waals surface area contributed by atoms with Crippen LogP contribution in [-0.4, -0.2) is 13.1 Å². The molecule has 1 aliphatic heterocycles. The highest BCUT2D eigenvalue weighted by Gasteiger charge is 2.30. The van der Waals surface area contributed by atoms with Crippen LogP contribution in [0, 0.1) is 5.92 Å². The third-order valence-electron chi connectivity index (χ3n) is 3.20. The van der Waals surface area contributed by atoms with Crippen LogP contribution in [0.2, 0.25) is 0 Å². The molecule has 1 aromatic rings. The Bertz CT molecular complexity index is 355. The van der Waals surface area contributed by atoms with Crippen molar-refractivity contribution in [3.05, 3.63) is 35.4 Å². The van der Waals surface area contributed by atoms with E-state index >= 15 is 0 Å². The van der Waals surface area contributed by atoms with E-state index in [1.54, 1.807) is 12.1 Å². The molecule has 1 unspecified atom stereocenters. The second-order valence-corrected chi connectivity index (χ2v) is 4.61. The van der Waals surface area contributed by atoms with Gasteiger partial charge in [-0.1, -0.05) is 12.1 Å². The van der Waals surface area contributed by atoms with Gasteiger partial charge >= 0.3 is 6.18 Å². The largest absolute Gasteiger partial charge is 0.416 e. The van der Waals surface area contributed by atoms with Crippen LogP contribution in [0.15, 0.2) is 24.3 Å². The molecule has 1 aromatic carbocycles. The number of nitrogens with one attached hydrogen (secondary N) is 1. The van der Waals surface area contributed by atoms with E-state index in [0.717, 1.165) is 37.9 Å². The average molecular weight is 280 g/mol. The number of benzene rings is 1. The van der Waals surface area contributed by atoms with Crippen molar-refractivity contribution < 1.29 is 13.2 Å². The molecule has 0 spiro atoms. The van der Waals surface area contributed by atoms with Crippen LogP contribution in [0.3, 0.4) is 0 Å². The first-order valence-corrected chi connectivity index (χ1v) is 5.92. The second-order valence-electron chi connectivity index (χ2n) is 4.61. The minimum Gasteiger partial charge on any atom is -0.316 e. The summed E-state index contributed by atoms with van der Waals surface area (Å²) in [7, 11) is 0. The maximum absolute atomic E-state index is 12.4. The Hall–Kier alpha value is -0.740. The molecule has 0 saturated carbocycles. The highest BCUT2D eigenvalue weighted by atomic mass is 35.5. The van der Waals surface area contributed by atoms with Crippen molar-refractivity contribution in [1.82, 2.24) is 5.32 Å². The zero-order valence-corrected chi connectivity index (χ0v) is 10.8. The predicted molar refractivity (Wildman–Crippen MR) is 68.0 cm³/mol. The molecule has 0 amide bonds. The Morgan fingerprint density at radius 2 is 1.83 bits per heavy atom. The van der Waals surface area contributed by atoms with Crippen LogP contribution >= 0.6 is 12.4 Å². The smallest absolute Gasteiger partial charge is 0.316 e. The van der Waals surface area contributed by atoms with E-state index < -0.39 is 11.7 Å². The lowest BCUT2D eigenvalue weighted by molar-refractivity contribution is -0.137. The molecule has 0 radical (unpaired) electrons. The van der Waals surface area contributed by atoms with Gasteiger partial charge in [-0.2, -0.15) is 13.2 Å². The fourth-order valence-corrected chi connectivity index (χ4v) is 2.26. The van der Waals surface area contributed by atoms with Crippen molar-refractivity contribution >= 4 is 12.4 Å². The molecule has 1 atom stereocenters. The number of rotatable bonds is 2. The zero-order chi connectivity index (χ0) is 12.3. The molecule has 0 bridgehead atoms. The van der Waals surface area contributed by atoms with E-state index in [4.69, 9.17) is 0 Å². The summed E-state index contributed by atoms with van der Waals surface area (Å²) in [6, 6.07) is 5.53. The zero-order valence-electron chi connectivity index (χ0n) is 9.96. The lowest BCUT2D eigenvalue weighted by atomic mass is 9.92. The first-order chi connectivity index (χ1) is 8.05. The Kier molecular flexibility index (Phi) is 5.47. The molecule has 2 rings (SSSR count). The normalized spacial score (nSPS) is 20.3. The highest BCUT2D eigenvalue weighted by Crippen LogP contribution is 2.29. The molecular weight excluding hydrogens is 263 g/mol. The van der Waals surface area contributed by atoms with E-state index in [9.17, 15) is 13.2 Å². The topological polar surface area (TPSA) is 12.0 Å². The van der Waals surface area contributed by atoms with Gasteiger partial charge in [0.15, 0.2) is 0 Å². The predicted octanol–water partition coefficient (Wildman–Crippen LogP) is 3.67. The van der Waals surface area contributed by atoms with Crippen molar-refractivity contribution in [3.8, 4) is 0 Å². The standard InChI is InChI=1S/C13H16F3N.ClH/c14-13(15,16)12-5-3-10(4-6-12)8-11-2-1-7-17-9-11;/h3-6,11,17H,1-2,7-9H2;1H. The maximum Gasteiger partial charge on any atom is 0.416 e. The van der Waals surface area contributed by atoms with E-state index in [1.165, 1.54) is 12.1 Å². The summed E-state index contributed by atoms with van der Waals surface area (Å²) in [6.45, 7) is 2.03. The van der Waals surface area contributed by atoms with Crippen molar-refractivity contribution in [2.45, 2.75) is 25.4 Å². The molecule has 1 fully saturated rings. The highest BCUT2D eigenvalue weighted by molar-refractivity contribution is 5.85. The summed E-state index contributed by atoms with van der Waals surface area (Å²) in [4.78, 5) is 0. The molecule has 0 aliphatic carbocycles. The summed E-state index contributed by atoms with van der Waals surface area (Å²) in [5.41, 5.74) is 0.426. The number of alkyl halides is 3. The Morgan fingerprint density at radius 1 is 1.17 bits per heavy atom. The summed E-state index contributed by atoms with van der Waals surface area (Å²) >= 11 is 0. The lowest BCUT2D eigenvalue weighted by Crippen LogP contribution is -2.30. The minimum atomic E-state index is -4.23. The summed E-state index contributed by atoms with van der Waals surface area (Å²) in [5, 5.41) is 3.31. The summed E-state index contributed by atoms with van der Waals surface area (Å²) in [5.74, 6) is 0.556. The van der Waals surface area contributed by atoms with Gasteiger partial charge < -0.3 is 5.32 Å². The van der Waals surface area contributed by atoms with Crippen molar-refractivity contribution in [1.29, 1.82) is 0 Å². The Morgan fingerprint density at radius 3 is 2.33 bits per heavy atom. The fourth-order valence-electron chi connectivity index (χ4n) is 2.26. The molecule has 0 aromatic heterocycles. The summed E-state index contributed by atoms with van der Waals surface area (Å²) in [6.07, 6.45) is -1.05. The van der Waals surface area contributed by atoms with Gasteiger partial charge in [0.05, 0.1) is 5.56 Å². The average Bonchev–Trinajstić information content (AvgIpc) is 2.30. The fraction of sp³-hybridized carbons (Fsp3) is 0.538. The van der Waals surface area contributed by atoms with Gasteiger partial charge in [-0.25, -0.2) is 0 Å². The quantitative estimate of drug-likeness (QED) is 0.871. The van der Waals surface area contributed by atoms with Gasteiger partial charge in [0.1, 0.15) is 0 Å². The van der Waals surface area contributed by atoms with Crippen molar-refractivity contribution in [2.24, 2.45) is 5.92 Å². The maximum atomic E-state index is 12.4. The van der Waals surface area contributed by atoms with Crippen molar-refractivity contribution in [2.75, 3.05) is 13.1 Å². The first kappa shape index (κ1) is 15.3.